The van der Waals surface area contributed by atoms with E-state index in [0.29, 0.717) is 6.54 Å². The van der Waals surface area contributed by atoms with Crippen molar-refractivity contribution in [3.05, 3.63) is 34.9 Å². The molecule has 0 radical (unpaired) electrons. The van der Waals surface area contributed by atoms with Gasteiger partial charge in [-0.15, -0.1) is 0 Å². The van der Waals surface area contributed by atoms with Crippen molar-refractivity contribution in [1.29, 1.82) is 0 Å². The molecule has 76 valence electrons. The van der Waals surface area contributed by atoms with Gasteiger partial charge in [0.25, 0.3) is 0 Å². The fraction of sp³-hybridized carbons (Fsp3) is 0.417. The van der Waals surface area contributed by atoms with Crippen molar-refractivity contribution in [2.75, 3.05) is 6.54 Å². The van der Waals surface area contributed by atoms with Crippen LogP contribution in [0.25, 0.3) is 0 Å². The second-order valence-corrected chi connectivity index (χ2v) is 3.19. The molecule has 2 rings (SSSR count). The van der Waals surface area contributed by atoms with Gasteiger partial charge in [0.05, 0.1) is 6.54 Å². The molecule has 1 heterocycles. The summed E-state index contributed by atoms with van der Waals surface area (Å²) in [4.78, 5) is 11.3. The van der Waals surface area contributed by atoms with Crippen molar-refractivity contribution in [3.8, 4) is 0 Å². The summed E-state index contributed by atoms with van der Waals surface area (Å²) in [5.74, 6) is 0.205. The molecule has 1 aliphatic rings. The van der Waals surface area contributed by atoms with Gasteiger partial charge in [-0.3, -0.25) is 4.79 Å². The van der Waals surface area contributed by atoms with Crippen molar-refractivity contribution < 1.29 is 4.79 Å². The molecule has 0 amide bonds. The lowest BCUT2D eigenvalue weighted by Crippen LogP contribution is -2.29. The highest BCUT2D eigenvalue weighted by molar-refractivity contribution is 5.99. The van der Waals surface area contributed by atoms with Gasteiger partial charge in [-0.2, -0.15) is 0 Å². The number of benzene rings is 1. The third-order valence-corrected chi connectivity index (χ3v) is 2.16. The molecule has 0 unspecified atom stereocenters. The van der Waals surface area contributed by atoms with Gasteiger partial charge < -0.3 is 5.32 Å². The first kappa shape index (κ1) is 10.9. The zero-order valence-corrected chi connectivity index (χ0v) is 9.05. The van der Waals surface area contributed by atoms with Crippen molar-refractivity contribution in [2.45, 2.75) is 27.3 Å². The first-order valence-electron chi connectivity index (χ1n) is 5.11. The van der Waals surface area contributed by atoms with Crippen LogP contribution in [0.4, 0.5) is 0 Å². The minimum Gasteiger partial charge on any atom is -0.306 e. The Morgan fingerprint density at radius 3 is 2.64 bits per heavy atom. The Bertz CT molecular complexity index is 331. The van der Waals surface area contributed by atoms with E-state index in [2.05, 4.69) is 11.4 Å². The Hall–Kier alpha value is -1.15. The number of hydrogen-bond donors (Lipinski definition) is 1. The van der Waals surface area contributed by atoms with Gasteiger partial charge in [0.15, 0.2) is 5.78 Å². The Kier molecular flexibility index (Phi) is 3.84. The molecule has 0 aliphatic carbocycles. The van der Waals surface area contributed by atoms with Crippen molar-refractivity contribution in [1.82, 2.24) is 5.32 Å². The molecule has 0 saturated carbocycles. The van der Waals surface area contributed by atoms with Gasteiger partial charge in [0, 0.05) is 12.1 Å². The van der Waals surface area contributed by atoms with Gasteiger partial charge >= 0.3 is 0 Å². The van der Waals surface area contributed by atoms with E-state index in [1.807, 2.05) is 32.9 Å². The van der Waals surface area contributed by atoms with Crippen LogP contribution in [-0.2, 0) is 6.54 Å². The maximum Gasteiger partial charge on any atom is 0.176 e. The fourth-order valence-electron chi connectivity index (χ4n) is 1.55. The van der Waals surface area contributed by atoms with E-state index in [1.54, 1.807) is 0 Å². The molecule has 1 aromatic carbocycles. The fourth-order valence-corrected chi connectivity index (χ4v) is 1.55. The first-order valence-corrected chi connectivity index (χ1v) is 5.11. The summed E-state index contributed by atoms with van der Waals surface area (Å²) in [6.07, 6.45) is 0. The topological polar surface area (TPSA) is 29.1 Å². The van der Waals surface area contributed by atoms with Gasteiger partial charge in [-0.1, -0.05) is 37.6 Å². The number of carbonyl (C=O) groups is 1. The van der Waals surface area contributed by atoms with E-state index < -0.39 is 0 Å². The van der Waals surface area contributed by atoms with E-state index in [4.69, 9.17) is 0 Å². The predicted molar refractivity (Wildman–Crippen MR) is 58.6 cm³/mol. The normalized spacial score (nSPS) is 14.1. The molecule has 0 spiro atoms. The van der Waals surface area contributed by atoms with Crippen LogP contribution in [0.1, 0.15) is 35.3 Å². The summed E-state index contributed by atoms with van der Waals surface area (Å²) in [6, 6.07) is 5.98. The summed E-state index contributed by atoms with van der Waals surface area (Å²) in [5, 5.41) is 3.07. The Morgan fingerprint density at radius 1 is 1.21 bits per heavy atom. The molecule has 2 nitrogen and oxygen atoms in total. The SMILES string of the molecule is CC.Cc1ccc2c(c1)CNCC2=O. The summed E-state index contributed by atoms with van der Waals surface area (Å²) in [7, 11) is 0. The number of rotatable bonds is 0. The number of ketones is 1. The minimum absolute atomic E-state index is 0.205. The van der Waals surface area contributed by atoms with Crippen molar-refractivity contribution >= 4 is 5.78 Å². The Balaban J connectivity index is 0.000000461. The maximum atomic E-state index is 11.3. The van der Waals surface area contributed by atoms with Crippen LogP contribution >= 0.6 is 0 Å². The number of aryl methyl sites for hydroxylation is 1. The smallest absolute Gasteiger partial charge is 0.176 e. The highest BCUT2D eigenvalue weighted by atomic mass is 16.1. The molecule has 0 aromatic heterocycles. The standard InChI is InChI=1S/C10H11NO.C2H6/c1-7-2-3-9-8(4-7)5-11-6-10(9)12;1-2/h2-4,11H,5-6H2,1H3;1-2H3. The summed E-state index contributed by atoms with van der Waals surface area (Å²) >= 11 is 0. The van der Waals surface area contributed by atoms with Crippen LogP contribution in [0.3, 0.4) is 0 Å². The Morgan fingerprint density at radius 2 is 1.93 bits per heavy atom. The van der Waals surface area contributed by atoms with Crippen LogP contribution < -0.4 is 5.32 Å². The summed E-state index contributed by atoms with van der Waals surface area (Å²) in [5.41, 5.74) is 3.23. The van der Waals surface area contributed by atoms with Crippen LogP contribution in [-0.4, -0.2) is 12.3 Å². The molecular formula is C12H17NO. The first-order chi connectivity index (χ1) is 6.77. The van der Waals surface area contributed by atoms with Crippen LogP contribution in [0.2, 0.25) is 0 Å². The number of nitrogens with one attached hydrogen (secondary N) is 1. The largest absolute Gasteiger partial charge is 0.306 e. The lowest BCUT2D eigenvalue weighted by molar-refractivity contribution is 0.0982. The lowest BCUT2D eigenvalue weighted by Gasteiger charge is -2.15. The third-order valence-electron chi connectivity index (χ3n) is 2.16. The zero-order valence-electron chi connectivity index (χ0n) is 9.05. The molecule has 1 aliphatic heterocycles. The number of carbonyl (C=O) groups excluding carboxylic acids is 1. The minimum atomic E-state index is 0.205. The van der Waals surface area contributed by atoms with Gasteiger partial charge in [0.1, 0.15) is 0 Å². The van der Waals surface area contributed by atoms with Crippen molar-refractivity contribution in [3.63, 3.8) is 0 Å². The van der Waals surface area contributed by atoms with Crippen LogP contribution in [0.5, 0.6) is 0 Å². The van der Waals surface area contributed by atoms with E-state index in [-0.39, 0.29) is 5.78 Å². The predicted octanol–water partition coefficient (Wildman–Crippen LogP) is 2.31. The molecule has 0 bridgehead atoms. The van der Waals surface area contributed by atoms with Crippen LogP contribution in [0.15, 0.2) is 18.2 Å². The maximum absolute atomic E-state index is 11.3. The summed E-state index contributed by atoms with van der Waals surface area (Å²) < 4.78 is 0. The number of fused-ring (bicyclic) bond motifs is 1. The molecule has 1 aromatic rings. The lowest BCUT2D eigenvalue weighted by atomic mass is 9.98. The zero-order chi connectivity index (χ0) is 10.6. The van der Waals surface area contributed by atoms with E-state index in [1.165, 1.54) is 5.56 Å². The third kappa shape index (κ3) is 2.20. The van der Waals surface area contributed by atoms with E-state index >= 15 is 0 Å². The second-order valence-electron chi connectivity index (χ2n) is 3.19. The number of Topliss-reactive ketones (excluding diaryl/α,β-unsaturated/α-hetero) is 1. The highest BCUT2D eigenvalue weighted by Crippen LogP contribution is 2.14. The molecule has 14 heavy (non-hydrogen) atoms. The monoisotopic (exact) mass is 191 g/mol. The molecule has 1 N–H and O–H groups in total. The quantitative estimate of drug-likeness (QED) is 0.681. The Labute approximate surface area is 85.3 Å². The average Bonchev–Trinajstić information content (AvgIpc) is 2.21. The van der Waals surface area contributed by atoms with E-state index in [9.17, 15) is 4.79 Å². The molecular weight excluding hydrogens is 174 g/mol. The average molecular weight is 191 g/mol. The number of hydrogen-bond acceptors (Lipinski definition) is 2. The summed E-state index contributed by atoms with van der Waals surface area (Å²) in [6.45, 7) is 7.35. The van der Waals surface area contributed by atoms with Gasteiger partial charge in [0.2, 0.25) is 0 Å². The molecule has 2 heteroatoms. The van der Waals surface area contributed by atoms with Gasteiger partial charge in [-0.05, 0) is 12.5 Å². The second kappa shape index (κ2) is 4.91. The molecule has 0 fully saturated rings. The molecule has 0 atom stereocenters. The van der Waals surface area contributed by atoms with Crippen molar-refractivity contribution in [2.24, 2.45) is 0 Å². The highest BCUT2D eigenvalue weighted by Gasteiger charge is 2.15. The van der Waals surface area contributed by atoms with E-state index in [0.717, 1.165) is 17.7 Å². The van der Waals surface area contributed by atoms with Crippen LogP contribution in [0, 0.1) is 6.92 Å². The van der Waals surface area contributed by atoms with Gasteiger partial charge in [-0.25, -0.2) is 0 Å². The molecule has 0 saturated heterocycles.